The molecule has 9 heteroatoms. The fourth-order valence-electron chi connectivity index (χ4n) is 2.19. The van der Waals surface area contributed by atoms with Crippen LogP contribution in [0.5, 0.6) is 0 Å². The van der Waals surface area contributed by atoms with Gasteiger partial charge in [0.2, 0.25) is 5.91 Å². The van der Waals surface area contributed by atoms with Gasteiger partial charge in [-0.1, -0.05) is 54.1 Å². The molecule has 0 aromatic heterocycles. The number of benzene rings is 2. The summed E-state index contributed by atoms with van der Waals surface area (Å²) >= 11 is 5.88. The number of rotatable bonds is 8. The lowest BCUT2D eigenvalue weighted by molar-refractivity contribution is -0.149. The normalized spacial score (nSPS) is 9.97. The first kappa shape index (κ1) is 21.9. The summed E-state index contributed by atoms with van der Waals surface area (Å²) in [5.74, 6) is -2.34. The van der Waals surface area contributed by atoms with Crippen LogP contribution in [-0.2, 0) is 25.7 Å². The third-order valence-corrected chi connectivity index (χ3v) is 4.02. The molecule has 0 aliphatic heterocycles. The summed E-state index contributed by atoms with van der Waals surface area (Å²) in [4.78, 5) is 46.9. The van der Waals surface area contributed by atoms with Crippen LogP contribution in [-0.4, -0.2) is 30.3 Å². The number of esters is 1. The van der Waals surface area contributed by atoms with Gasteiger partial charge in [0, 0.05) is 13.0 Å². The van der Waals surface area contributed by atoms with Crippen LogP contribution in [0.2, 0.25) is 5.02 Å². The molecule has 0 aliphatic carbocycles. The number of nitrogens with one attached hydrogen (secondary N) is 3. The van der Waals surface area contributed by atoms with Crippen molar-refractivity contribution in [2.45, 2.75) is 19.4 Å². The SMILES string of the molecule is O=C(CCC(=O)OCC(=O)NNC(=O)c1ccccc1Cl)NCc1ccccc1. The number of halogens is 1. The molecule has 8 nitrogen and oxygen atoms in total. The Kier molecular flexibility index (Phi) is 8.65. The van der Waals surface area contributed by atoms with Crippen LogP contribution in [0.25, 0.3) is 0 Å². The lowest BCUT2D eigenvalue weighted by Gasteiger charge is -2.09. The Morgan fingerprint density at radius 1 is 0.828 bits per heavy atom. The first-order valence-electron chi connectivity index (χ1n) is 8.75. The van der Waals surface area contributed by atoms with Gasteiger partial charge < -0.3 is 10.1 Å². The Balaban J connectivity index is 1.60. The van der Waals surface area contributed by atoms with Crippen molar-refractivity contribution in [2.24, 2.45) is 0 Å². The third kappa shape index (κ3) is 8.02. The van der Waals surface area contributed by atoms with Crippen LogP contribution >= 0.6 is 11.6 Å². The predicted molar refractivity (Wildman–Crippen MR) is 106 cm³/mol. The largest absolute Gasteiger partial charge is 0.455 e. The molecule has 29 heavy (non-hydrogen) atoms. The smallest absolute Gasteiger partial charge is 0.306 e. The Labute approximate surface area is 172 Å². The van der Waals surface area contributed by atoms with E-state index < -0.39 is 24.4 Å². The summed E-state index contributed by atoms with van der Waals surface area (Å²) in [6.07, 6.45) is -0.226. The molecule has 3 amide bonds. The van der Waals surface area contributed by atoms with Crippen LogP contribution in [0.15, 0.2) is 54.6 Å². The van der Waals surface area contributed by atoms with Gasteiger partial charge in [-0.25, -0.2) is 0 Å². The van der Waals surface area contributed by atoms with Gasteiger partial charge in [0.15, 0.2) is 6.61 Å². The highest BCUT2D eigenvalue weighted by Gasteiger charge is 2.13. The van der Waals surface area contributed by atoms with E-state index >= 15 is 0 Å². The van der Waals surface area contributed by atoms with E-state index in [1.165, 1.54) is 12.1 Å². The minimum Gasteiger partial charge on any atom is -0.455 e. The fourth-order valence-corrected chi connectivity index (χ4v) is 2.42. The van der Waals surface area contributed by atoms with Crippen molar-refractivity contribution in [1.29, 1.82) is 0 Å². The van der Waals surface area contributed by atoms with Crippen LogP contribution < -0.4 is 16.2 Å². The average Bonchev–Trinajstić information content (AvgIpc) is 2.74. The van der Waals surface area contributed by atoms with Crippen LogP contribution in [0.3, 0.4) is 0 Å². The highest BCUT2D eigenvalue weighted by atomic mass is 35.5. The van der Waals surface area contributed by atoms with E-state index in [-0.39, 0.29) is 29.3 Å². The van der Waals surface area contributed by atoms with E-state index in [2.05, 4.69) is 16.2 Å². The van der Waals surface area contributed by atoms with Crippen molar-refractivity contribution in [3.8, 4) is 0 Å². The van der Waals surface area contributed by atoms with E-state index in [0.29, 0.717) is 6.54 Å². The van der Waals surface area contributed by atoms with Crippen molar-refractivity contribution in [2.75, 3.05) is 6.61 Å². The molecule has 3 N–H and O–H groups in total. The number of hydrogen-bond donors (Lipinski definition) is 3. The highest BCUT2D eigenvalue weighted by molar-refractivity contribution is 6.33. The first-order chi connectivity index (χ1) is 14.0. The summed E-state index contributed by atoms with van der Waals surface area (Å²) in [5, 5.41) is 2.92. The van der Waals surface area contributed by atoms with E-state index in [0.717, 1.165) is 5.56 Å². The van der Waals surface area contributed by atoms with Gasteiger partial charge in [0.05, 0.1) is 17.0 Å². The Morgan fingerprint density at radius 2 is 1.52 bits per heavy atom. The molecule has 0 bridgehead atoms. The molecule has 0 spiro atoms. The van der Waals surface area contributed by atoms with Gasteiger partial charge in [-0.3, -0.25) is 30.0 Å². The van der Waals surface area contributed by atoms with Crippen LogP contribution in [0.1, 0.15) is 28.8 Å². The van der Waals surface area contributed by atoms with E-state index in [4.69, 9.17) is 16.3 Å². The molecule has 152 valence electrons. The van der Waals surface area contributed by atoms with E-state index in [1.54, 1.807) is 12.1 Å². The molecule has 0 radical (unpaired) electrons. The van der Waals surface area contributed by atoms with E-state index in [1.807, 2.05) is 30.3 Å². The second-order valence-electron chi connectivity index (χ2n) is 5.91. The second kappa shape index (κ2) is 11.5. The van der Waals surface area contributed by atoms with Crippen molar-refractivity contribution >= 4 is 35.3 Å². The average molecular weight is 418 g/mol. The van der Waals surface area contributed by atoms with Crippen molar-refractivity contribution in [3.63, 3.8) is 0 Å². The summed E-state index contributed by atoms with van der Waals surface area (Å²) in [6, 6.07) is 15.7. The van der Waals surface area contributed by atoms with Crippen LogP contribution in [0, 0.1) is 0 Å². The van der Waals surface area contributed by atoms with Gasteiger partial charge >= 0.3 is 5.97 Å². The molecule has 0 saturated carbocycles. The standard InChI is InChI=1S/C20H20ClN3O5/c21-16-9-5-4-8-15(16)20(28)24-23-18(26)13-29-19(27)11-10-17(25)22-12-14-6-2-1-3-7-14/h1-9H,10-13H2,(H,22,25)(H,23,26)(H,24,28). The number of carbonyl (C=O) groups is 4. The number of hydrazine groups is 1. The minimum absolute atomic E-state index is 0.0590. The van der Waals surface area contributed by atoms with Gasteiger partial charge in [-0.05, 0) is 17.7 Å². The maximum Gasteiger partial charge on any atom is 0.306 e. The second-order valence-corrected chi connectivity index (χ2v) is 6.31. The summed E-state index contributed by atoms with van der Waals surface area (Å²) in [6.45, 7) is -0.227. The number of ether oxygens (including phenoxy) is 1. The quantitative estimate of drug-likeness (QED) is 0.447. The zero-order valence-corrected chi connectivity index (χ0v) is 16.2. The number of amides is 3. The van der Waals surface area contributed by atoms with E-state index in [9.17, 15) is 19.2 Å². The number of carbonyl (C=O) groups excluding carboxylic acids is 4. The van der Waals surface area contributed by atoms with Crippen LogP contribution in [0.4, 0.5) is 0 Å². The molecular formula is C20H20ClN3O5. The topological polar surface area (TPSA) is 114 Å². The van der Waals surface area contributed by atoms with Crippen molar-refractivity contribution in [1.82, 2.24) is 16.2 Å². The Hall–Kier alpha value is -3.39. The van der Waals surface area contributed by atoms with Gasteiger partial charge in [-0.15, -0.1) is 0 Å². The zero-order valence-electron chi connectivity index (χ0n) is 15.4. The lowest BCUT2D eigenvalue weighted by Crippen LogP contribution is -2.43. The number of hydrogen-bond acceptors (Lipinski definition) is 5. The molecule has 0 atom stereocenters. The molecule has 2 aromatic rings. The molecular weight excluding hydrogens is 398 g/mol. The molecule has 0 aliphatic rings. The van der Waals surface area contributed by atoms with Gasteiger partial charge in [0.25, 0.3) is 11.8 Å². The Bertz CT molecular complexity index is 873. The highest BCUT2D eigenvalue weighted by Crippen LogP contribution is 2.14. The molecule has 0 heterocycles. The summed E-state index contributed by atoms with van der Waals surface area (Å²) in [7, 11) is 0. The molecule has 2 rings (SSSR count). The first-order valence-corrected chi connectivity index (χ1v) is 9.13. The summed E-state index contributed by atoms with van der Waals surface area (Å²) < 4.78 is 4.77. The molecule has 0 fully saturated rings. The molecule has 2 aromatic carbocycles. The molecule has 0 saturated heterocycles. The summed E-state index contributed by atoms with van der Waals surface area (Å²) in [5.41, 5.74) is 5.41. The third-order valence-electron chi connectivity index (χ3n) is 3.69. The molecule has 0 unspecified atom stereocenters. The maximum atomic E-state index is 11.9. The lowest BCUT2D eigenvalue weighted by atomic mass is 10.2. The maximum absolute atomic E-state index is 11.9. The minimum atomic E-state index is -0.729. The van der Waals surface area contributed by atoms with Gasteiger partial charge in [0.1, 0.15) is 0 Å². The monoisotopic (exact) mass is 417 g/mol. The zero-order chi connectivity index (χ0) is 21.1. The van der Waals surface area contributed by atoms with Gasteiger partial charge in [-0.2, -0.15) is 0 Å². The Morgan fingerprint density at radius 3 is 2.24 bits per heavy atom. The predicted octanol–water partition coefficient (Wildman–Crippen LogP) is 1.74. The van der Waals surface area contributed by atoms with Crippen molar-refractivity contribution < 1.29 is 23.9 Å². The van der Waals surface area contributed by atoms with Crippen molar-refractivity contribution in [3.05, 3.63) is 70.7 Å². The fraction of sp³-hybridized carbons (Fsp3) is 0.200.